The molecule has 2 amide bonds. The van der Waals surface area contributed by atoms with Gasteiger partial charge in [0.25, 0.3) is 5.91 Å². The van der Waals surface area contributed by atoms with Crippen LogP contribution in [0.4, 0.5) is 5.69 Å². The average molecular weight is 398 g/mol. The number of hydrogen-bond donors (Lipinski definition) is 2. The number of anilines is 1. The zero-order valence-electron chi connectivity index (χ0n) is 16.9. The van der Waals surface area contributed by atoms with Gasteiger partial charge in [-0.3, -0.25) is 9.59 Å². The van der Waals surface area contributed by atoms with Crippen molar-refractivity contribution in [3.05, 3.63) is 59.7 Å². The van der Waals surface area contributed by atoms with Crippen molar-refractivity contribution in [3.8, 4) is 11.5 Å². The van der Waals surface area contributed by atoms with E-state index in [1.54, 1.807) is 63.8 Å². The molecule has 0 spiro atoms. The van der Waals surface area contributed by atoms with E-state index in [0.29, 0.717) is 42.3 Å². The third-order valence-corrected chi connectivity index (χ3v) is 4.08. The maximum Gasteiger partial charge on any atom is 0.253 e. The number of para-hydroxylation sites is 1. The SMILES string of the molecule is COCCCNC(=O)c1ccccc1NC(=O)/C=C/c1ccc(OC)c(OC)c1. The fourth-order valence-electron chi connectivity index (χ4n) is 2.61. The highest BCUT2D eigenvalue weighted by Crippen LogP contribution is 2.28. The van der Waals surface area contributed by atoms with Crippen LogP contribution in [0.1, 0.15) is 22.3 Å². The summed E-state index contributed by atoms with van der Waals surface area (Å²) in [5.74, 6) is 0.588. The van der Waals surface area contributed by atoms with Gasteiger partial charge in [0, 0.05) is 26.3 Å². The van der Waals surface area contributed by atoms with Crippen LogP contribution in [0.2, 0.25) is 0 Å². The Balaban J connectivity index is 2.04. The molecule has 2 aromatic rings. The highest BCUT2D eigenvalue weighted by atomic mass is 16.5. The largest absolute Gasteiger partial charge is 0.493 e. The maximum atomic E-state index is 12.4. The fourth-order valence-corrected chi connectivity index (χ4v) is 2.61. The predicted octanol–water partition coefficient (Wildman–Crippen LogP) is 3.12. The van der Waals surface area contributed by atoms with Gasteiger partial charge < -0.3 is 24.8 Å². The van der Waals surface area contributed by atoms with Crippen molar-refractivity contribution in [2.24, 2.45) is 0 Å². The van der Waals surface area contributed by atoms with Gasteiger partial charge in [-0.15, -0.1) is 0 Å². The molecule has 0 saturated carbocycles. The lowest BCUT2D eigenvalue weighted by atomic mass is 10.1. The van der Waals surface area contributed by atoms with E-state index in [0.717, 1.165) is 5.56 Å². The molecular weight excluding hydrogens is 372 g/mol. The minimum atomic E-state index is -0.348. The number of ether oxygens (including phenoxy) is 3. The van der Waals surface area contributed by atoms with Crippen molar-refractivity contribution in [2.75, 3.05) is 39.8 Å². The molecule has 2 N–H and O–H groups in total. The number of carbonyl (C=O) groups excluding carboxylic acids is 2. The Bertz CT molecular complexity index is 864. The van der Waals surface area contributed by atoms with Gasteiger partial charge in [0.05, 0.1) is 25.5 Å². The molecule has 0 unspecified atom stereocenters. The van der Waals surface area contributed by atoms with E-state index in [-0.39, 0.29) is 11.8 Å². The molecule has 7 nitrogen and oxygen atoms in total. The van der Waals surface area contributed by atoms with Crippen LogP contribution in [0, 0.1) is 0 Å². The Kier molecular flexibility index (Phi) is 8.72. The molecule has 29 heavy (non-hydrogen) atoms. The molecule has 2 rings (SSSR count). The molecule has 0 aromatic heterocycles. The minimum absolute atomic E-state index is 0.249. The summed E-state index contributed by atoms with van der Waals surface area (Å²) in [5, 5.41) is 5.56. The number of hydrogen-bond acceptors (Lipinski definition) is 5. The van der Waals surface area contributed by atoms with E-state index >= 15 is 0 Å². The molecule has 0 radical (unpaired) electrons. The summed E-state index contributed by atoms with van der Waals surface area (Å²) < 4.78 is 15.4. The van der Waals surface area contributed by atoms with E-state index < -0.39 is 0 Å². The molecular formula is C22H26N2O5. The molecule has 0 heterocycles. The zero-order chi connectivity index (χ0) is 21.1. The Labute approximate surface area is 170 Å². The highest BCUT2D eigenvalue weighted by molar-refractivity contribution is 6.07. The summed E-state index contributed by atoms with van der Waals surface area (Å²) in [4.78, 5) is 24.7. The van der Waals surface area contributed by atoms with Crippen molar-refractivity contribution < 1.29 is 23.8 Å². The van der Waals surface area contributed by atoms with Gasteiger partial charge >= 0.3 is 0 Å². The van der Waals surface area contributed by atoms with Crippen molar-refractivity contribution in [1.82, 2.24) is 5.32 Å². The first-order valence-electron chi connectivity index (χ1n) is 9.16. The molecule has 0 fully saturated rings. The van der Waals surface area contributed by atoms with Gasteiger partial charge in [-0.05, 0) is 42.3 Å². The second-order valence-corrected chi connectivity index (χ2v) is 6.08. The van der Waals surface area contributed by atoms with Gasteiger partial charge in [0.2, 0.25) is 5.91 Å². The third kappa shape index (κ3) is 6.65. The van der Waals surface area contributed by atoms with Crippen molar-refractivity contribution in [3.63, 3.8) is 0 Å². The van der Waals surface area contributed by atoms with Gasteiger partial charge in [0.15, 0.2) is 11.5 Å². The van der Waals surface area contributed by atoms with E-state index in [1.165, 1.54) is 6.08 Å². The monoisotopic (exact) mass is 398 g/mol. The Hall–Kier alpha value is -3.32. The van der Waals surface area contributed by atoms with Gasteiger partial charge in [-0.25, -0.2) is 0 Å². The maximum absolute atomic E-state index is 12.4. The van der Waals surface area contributed by atoms with Crippen LogP contribution in [-0.2, 0) is 9.53 Å². The average Bonchev–Trinajstić information content (AvgIpc) is 2.75. The summed E-state index contributed by atoms with van der Waals surface area (Å²) >= 11 is 0. The van der Waals surface area contributed by atoms with E-state index in [4.69, 9.17) is 14.2 Å². The van der Waals surface area contributed by atoms with Crippen LogP contribution in [0.5, 0.6) is 11.5 Å². The van der Waals surface area contributed by atoms with Crippen molar-refractivity contribution in [2.45, 2.75) is 6.42 Å². The molecule has 0 aliphatic heterocycles. The van der Waals surface area contributed by atoms with Crippen molar-refractivity contribution >= 4 is 23.6 Å². The van der Waals surface area contributed by atoms with Gasteiger partial charge in [-0.2, -0.15) is 0 Å². The Morgan fingerprint density at radius 2 is 1.76 bits per heavy atom. The predicted molar refractivity (Wildman–Crippen MR) is 112 cm³/mol. The number of nitrogens with one attached hydrogen (secondary N) is 2. The summed E-state index contributed by atoms with van der Waals surface area (Å²) in [6.07, 6.45) is 3.77. The quantitative estimate of drug-likeness (QED) is 0.474. The summed E-state index contributed by atoms with van der Waals surface area (Å²) in [5.41, 5.74) is 1.62. The molecule has 0 aliphatic rings. The first-order chi connectivity index (χ1) is 14.1. The van der Waals surface area contributed by atoms with E-state index in [2.05, 4.69) is 10.6 Å². The molecule has 0 aliphatic carbocycles. The minimum Gasteiger partial charge on any atom is -0.493 e. The third-order valence-electron chi connectivity index (χ3n) is 4.08. The smallest absolute Gasteiger partial charge is 0.253 e. The van der Waals surface area contributed by atoms with Crippen LogP contribution >= 0.6 is 0 Å². The molecule has 0 saturated heterocycles. The Morgan fingerprint density at radius 1 is 1.00 bits per heavy atom. The fraction of sp³-hybridized carbons (Fsp3) is 0.273. The topological polar surface area (TPSA) is 85.9 Å². The molecule has 0 atom stereocenters. The lowest BCUT2D eigenvalue weighted by Crippen LogP contribution is -2.26. The lowest BCUT2D eigenvalue weighted by molar-refractivity contribution is -0.111. The van der Waals surface area contributed by atoms with Crippen LogP contribution in [-0.4, -0.2) is 46.3 Å². The zero-order valence-corrected chi connectivity index (χ0v) is 16.9. The first kappa shape index (κ1) is 22.0. The van der Waals surface area contributed by atoms with Crippen LogP contribution in [0.3, 0.4) is 0 Å². The van der Waals surface area contributed by atoms with Crippen LogP contribution < -0.4 is 20.1 Å². The lowest BCUT2D eigenvalue weighted by Gasteiger charge is -2.10. The first-order valence-corrected chi connectivity index (χ1v) is 9.16. The number of methoxy groups -OCH3 is 3. The summed E-state index contributed by atoms with van der Waals surface area (Å²) in [7, 11) is 4.73. The molecule has 2 aromatic carbocycles. The standard InChI is InChI=1S/C22H26N2O5/c1-27-14-6-13-23-22(26)17-7-4-5-8-18(17)24-21(25)12-10-16-9-11-19(28-2)20(15-16)29-3/h4-5,7-12,15H,6,13-14H2,1-3H3,(H,23,26)(H,24,25)/b12-10+. The molecule has 7 heteroatoms. The normalized spacial score (nSPS) is 10.6. The molecule has 0 bridgehead atoms. The van der Waals surface area contributed by atoms with E-state index in [1.807, 2.05) is 6.07 Å². The number of benzene rings is 2. The number of rotatable bonds is 10. The second kappa shape index (κ2) is 11.5. The van der Waals surface area contributed by atoms with E-state index in [9.17, 15) is 9.59 Å². The Morgan fingerprint density at radius 3 is 2.48 bits per heavy atom. The van der Waals surface area contributed by atoms with Crippen molar-refractivity contribution in [1.29, 1.82) is 0 Å². The van der Waals surface area contributed by atoms with Gasteiger partial charge in [0.1, 0.15) is 0 Å². The number of carbonyl (C=O) groups is 2. The number of amides is 2. The second-order valence-electron chi connectivity index (χ2n) is 6.08. The summed E-state index contributed by atoms with van der Waals surface area (Å²) in [6.45, 7) is 1.06. The summed E-state index contributed by atoms with van der Waals surface area (Å²) in [6, 6.07) is 12.2. The van der Waals surface area contributed by atoms with Crippen LogP contribution in [0.15, 0.2) is 48.5 Å². The molecule has 154 valence electrons. The highest BCUT2D eigenvalue weighted by Gasteiger charge is 2.11. The van der Waals surface area contributed by atoms with Crippen LogP contribution in [0.25, 0.3) is 6.08 Å². The van der Waals surface area contributed by atoms with Gasteiger partial charge in [-0.1, -0.05) is 18.2 Å².